The van der Waals surface area contributed by atoms with Crippen LogP contribution in [0.2, 0.25) is 0 Å². The van der Waals surface area contributed by atoms with Gasteiger partial charge in [0.1, 0.15) is 0 Å². The molecular formula is C10H13Si. The maximum absolute atomic E-state index is 3.59. The smallest absolute Gasteiger partial charge is 0.0648 e. The van der Waals surface area contributed by atoms with Gasteiger partial charge < -0.3 is 0 Å². The molecule has 0 spiro atoms. The van der Waals surface area contributed by atoms with Crippen molar-refractivity contribution in [3.05, 3.63) is 29.8 Å². The van der Waals surface area contributed by atoms with Gasteiger partial charge >= 0.3 is 0 Å². The molecule has 0 saturated carbocycles. The summed E-state index contributed by atoms with van der Waals surface area (Å²) in [7, 11) is 3.59. The molecule has 1 heteroatoms. The minimum Gasteiger partial charge on any atom is -0.0648 e. The molecule has 11 heavy (non-hydrogen) atoms. The molecule has 0 aliphatic carbocycles. The van der Waals surface area contributed by atoms with Crippen LogP contribution in [0.1, 0.15) is 31.7 Å². The Balaban J connectivity index is 2.93. The molecule has 0 N–H and O–H groups in total. The molecule has 0 fully saturated rings. The van der Waals surface area contributed by atoms with Crippen molar-refractivity contribution < 1.29 is 0 Å². The van der Waals surface area contributed by atoms with E-state index in [0.717, 1.165) is 0 Å². The van der Waals surface area contributed by atoms with E-state index in [1.54, 1.807) is 0 Å². The van der Waals surface area contributed by atoms with Crippen molar-refractivity contribution in [2.45, 2.75) is 26.2 Å². The van der Waals surface area contributed by atoms with Crippen LogP contribution in [0.4, 0.5) is 0 Å². The van der Waals surface area contributed by atoms with Gasteiger partial charge in [0.05, 0.1) is 10.2 Å². The van der Waals surface area contributed by atoms with Crippen LogP contribution in [0.5, 0.6) is 0 Å². The van der Waals surface area contributed by atoms with E-state index < -0.39 is 0 Å². The van der Waals surface area contributed by atoms with E-state index in [1.807, 2.05) is 6.07 Å². The molecule has 1 rings (SSSR count). The fraction of sp³-hybridized carbons (Fsp3) is 0.400. The summed E-state index contributed by atoms with van der Waals surface area (Å²) in [6.45, 7) is 4.46. The first kappa shape index (κ1) is 8.53. The van der Waals surface area contributed by atoms with Gasteiger partial charge in [-0.3, -0.25) is 0 Å². The number of hydrogen-bond acceptors (Lipinski definition) is 0. The zero-order valence-corrected chi connectivity index (χ0v) is 8.09. The molecule has 0 nitrogen and oxygen atoms in total. The Labute approximate surface area is 72.1 Å². The van der Waals surface area contributed by atoms with Crippen molar-refractivity contribution in [3.8, 4) is 0 Å². The molecule has 1 unspecified atom stereocenters. The summed E-state index contributed by atoms with van der Waals surface area (Å²) < 4.78 is 0. The molecule has 0 aliphatic heterocycles. The van der Waals surface area contributed by atoms with Crippen molar-refractivity contribution in [3.63, 3.8) is 0 Å². The zero-order chi connectivity index (χ0) is 8.27. The highest BCUT2D eigenvalue weighted by atomic mass is 28.1. The van der Waals surface area contributed by atoms with E-state index in [0.29, 0.717) is 5.92 Å². The monoisotopic (exact) mass is 161 g/mol. The Morgan fingerprint density at radius 3 is 2.55 bits per heavy atom. The van der Waals surface area contributed by atoms with Gasteiger partial charge in [-0.25, -0.2) is 0 Å². The van der Waals surface area contributed by atoms with Crippen LogP contribution in [0.25, 0.3) is 0 Å². The SMILES string of the molecule is CCC(C)c1ccccc1[Si]. The van der Waals surface area contributed by atoms with Gasteiger partial charge in [0.15, 0.2) is 0 Å². The Kier molecular flexibility index (Phi) is 2.89. The van der Waals surface area contributed by atoms with Gasteiger partial charge in [-0.05, 0) is 17.9 Å². The first-order valence-electron chi connectivity index (χ1n) is 4.06. The summed E-state index contributed by atoms with van der Waals surface area (Å²) in [5.74, 6) is 0.656. The number of benzene rings is 1. The van der Waals surface area contributed by atoms with E-state index in [2.05, 4.69) is 42.3 Å². The van der Waals surface area contributed by atoms with Gasteiger partial charge in [0, 0.05) is 0 Å². The summed E-state index contributed by atoms with van der Waals surface area (Å²) in [6.07, 6.45) is 1.20. The lowest BCUT2D eigenvalue weighted by Gasteiger charge is -2.11. The molecule has 1 aromatic carbocycles. The van der Waals surface area contributed by atoms with E-state index in [4.69, 9.17) is 0 Å². The van der Waals surface area contributed by atoms with Crippen LogP contribution in [0.3, 0.4) is 0 Å². The van der Waals surface area contributed by atoms with Crippen LogP contribution >= 0.6 is 0 Å². The lowest BCUT2D eigenvalue weighted by Crippen LogP contribution is -2.11. The standard InChI is InChI=1S/C10H13Si/c1-3-8(2)9-6-4-5-7-10(9)11/h4-8H,3H2,1-2H3. The minimum absolute atomic E-state index is 0.656. The summed E-state index contributed by atoms with van der Waals surface area (Å²) in [5.41, 5.74) is 1.41. The van der Waals surface area contributed by atoms with Crippen LogP contribution in [-0.2, 0) is 0 Å². The zero-order valence-electron chi connectivity index (χ0n) is 7.09. The second kappa shape index (κ2) is 3.72. The quantitative estimate of drug-likeness (QED) is 0.582. The highest BCUT2D eigenvalue weighted by molar-refractivity contribution is 6.33. The van der Waals surface area contributed by atoms with Crippen molar-refractivity contribution >= 4 is 15.4 Å². The van der Waals surface area contributed by atoms with Gasteiger partial charge in [-0.1, -0.05) is 43.3 Å². The predicted octanol–water partition coefficient (Wildman–Crippen LogP) is 1.99. The molecule has 1 aromatic rings. The van der Waals surface area contributed by atoms with E-state index in [-0.39, 0.29) is 0 Å². The van der Waals surface area contributed by atoms with Crippen molar-refractivity contribution in [2.75, 3.05) is 0 Å². The third-order valence-electron chi connectivity index (χ3n) is 2.10. The molecule has 3 radical (unpaired) electrons. The van der Waals surface area contributed by atoms with Gasteiger partial charge in [-0.15, -0.1) is 0 Å². The van der Waals surface area contributed by atoms with E-state index in [9.17, 15) is 0 Å². The summed E-state index contributed by atoms with van der Waals surface area (Å²) in [4.78, 5) is 0. The summed E-state index contributed by atoms with van der Waals surface area (Å²) >= 11 is 0. The molecule has 0 saturated heterocycles. The van der Waals surface area contributed by atoms with Gasteiger partial charge in [-0.2, -0.15) is 0 Å². The summed E-state index contributed by atoms with van der Waals surface area (Å²) in [5, 5.41) is 1.22. The Morgan fingerprint density at radius 2 is 2.00 bits per heavy atom. The summed E-state index contributed by atoms with van der Waals surface area (Å²) in [6, 6.07) is 8.41. The topological polar surface area (TPSA) is 0 Å². The lowest BCUT2D eigenvalue weighted by atomic mass is 9.99. The lowest BCUT2D eigenvalue weighted by molar-refractivity contribution is 0.738. The maximum Gasteiger partial charge on any atom is 0.0715 e. The van der Waals surface area contributed by atoms with Crippen LogP contribution in [0, 0.1) is 0 Å². The first-order valence-corrected chi connectivity index (χ1v) is 4.56. The average Bonchev–Trinajstić information content (AvgIpc) is 2.04. The predicted molar refractivity (Wildman–Crippen MR) is 50.5 cm³/mol. The van der Waals surface area contributed by atoms with Crippen molar-refractivity contribution in [1.29, 1.82) is 0 Å². The first-order chi connectivity index (χ1) is 5.25. The minimum atomic E-state index is 0.656. The van der Waals surface area contributed by atoms with Crippen LogP contribution in [-0.4, -0.2) is 10.2 Å². The normalized spacial score (nSPS) is 13.0. The number of rotatable bonds is 2. The molecule has 0 heterocycles. The van der Waals surface area contributed by atoms with E-state index >= 15 is 0 Å². The van der Waals surface area contributed by atoms with Crippen molar-refractivity contribution in [2.24, 2.45) is 0 Å². The maximum atomic E-state index is 3.59. The Morgan fingerprint density at radius 1 is 1.36 bits per heavy atom. The second-order valence-electron chi connectivity index (χ2n) is 2.90. The Bertz CT molecular complexity index is 230. The van der Waals surface area contributed by atoms with Gasteiger partial charge in [0.25, 0.3) is 0 Å². The largest absolute Gasteiger partial charge is 0.0715 e. The van der Waals surface area contributed by atoms with Crippen LogP contribution < -0.4 is 5.19 Å². The second-order valence-corrected chi connectivity index (χ2v) is 3.44. The fourth-order valence-corrected chi connectivity index (χ4v) is 1.57. The molecule has 57 valence electrons. The Hall–Kier alpha value is -0.563. The van der Waals surface area contributed by atoms with E-state index in [1.165, 1.54) is 17.2 Å². The highest BCUT2D eigenvalue weighted by Crippen LogP contribution is 2.14. The molecule has 1 atom stereocenters. The van der Waals surface area contributed by atoms with Crippen LogP contribution in [0.15, 0.2) is 24.3 Å². The molecular weight excluding hydrogens is 148 g/mol. The number of hydrogen-bond donors (Lipinski definition) is 0. The average molecular weight is 161 g/mol. The highest BCUT2D eigenvalue weighted by Gasteiger charge is 2.03. The molecule has 0 amide bonds. The fourth-order valence-electron chi connectivity index (χ4n) is 1.15. The van der Waals surface area contributed by atoms with Gasteiger partial charge in [0.2, 0.25) is 0 Å². The molecule has 0 aliphatic rings. The third-order valence-corrected chi connectivity index (χ3v) is 2.56. The molecule has 0 aromatic heterocycles. The third kappa shape index (κ3) is 1.93. The molecule has 0 bridgehead atoms. The van der Waals surface area contributed by atoms with Crippen molar-refractivity contribution in [1.82, 2.24) is 0 Å².